The average Bonchev–Trinajstić information content (AvgIpc) is 2.76. The van der Waals surface area contributed by atoms with Gasteiger partial charge in [-0.1, -0.05) is 20.8 Å². The summed E-state index contributed by atoms with van der Waals surface area (Å²) < 4.78 is 5.30. The maximum atomic E-state index is 12.0. The van der Waals surface area contributed by atoms with Crippen LogP contribution in [0.2, 0.25) is 0 Å². The number of carbonyl (C=O) groups excluding carboxylic acids is 1. The summed E-state index contributed by atoms with van der Waals surface area (Å²) in [5.41, 5.74) is 1.95. The molecule has 0 aromatic carbocycles. The number of carbonyl (C=O) groups is 1. The summed E-state index contributed by atoms with van der Waals surface area (Å²) in [6.45, 7) is 11.0. The predicted octanol–water partition coefficient (Wildman–Crippen LogP) is 2.09. The van der Waals surface area contributed by atoms with Gasteiger partial charge in [-0.2, -0.15) is 5.10 Å². The van der Waals surface area contributed by atoms with E-state index in [0.29, 0.717) is 13.2 Å². The molecule has 19 heavy (non-hydrogen) atoms. The van der Waals surface area contributed by atoms with Gasteiger partial charge in [0.1, 0.15) is 6.10 Å². The van der Waals surface area contributed by atoms with E-state index in [1.807, 2.05) is 13.0 Å². The molecule has 0 aliphatic carbocycles. The molecule has 5 nitrogen and oxygen atoms in total. The normalized spacial score (nSPS) is 13.4. The van der Waals surface area contributed by atoms with Crippen LogP contribution in [0.4, 0.5) is 0 Å². The first-order chi connectivity index (χ1) is 8.75. The third-order valence-corrected chi connectivity index (χ3v) is 2.95. The van der Waals surface area contributed by atoms with Crippen molar-refractivity contribution in [3.63, 3.8) is 0 Å². The lowest BCUT2D eigenvalue weighted by molar-refractivity contribution is -0.141. The van der Waals surface area contributed by atoms with E-state index in [4.69, 9.17) is 4.74 Å². The summed E-state index contributed by atoms with van der Waals surface area (Å²) in [5, 5.41) is 7.27. The highest BCUT2D eigenvalue weighted by Gasteiger charge is 2.20. The Morgan fingerprint density at radius 2 is 2.16 bits per heavy atom. The van der Waals surface area contributed by atoms with Gasteiger partial charge in [0.05, 0.1) is 17.9 Å². The summed E-state index contributed by atoms with van der Waals surface area (Å²) in [6.07, 6.45) is -0.403. The van der Waals surface area contributed by atoms with E-state index in [1.54, 1.807) is 18.9 Å². The molecule has 0 aliphatic rings. The third kappa shape index (κ3) is 4.35. The molecule has 0 fully saturated rings. The molecule has 1 aromatic rings. The number of amides is 1. The number of hydrogen-bond acceptors (Lipinski definition) is 3. The Hall–Kier alpha value is -1.36. The van der Waals surface area contributed by atoms with Crippen molar-refractivity contribution in [3.05, 3.63) is 17.5 Å². The van der Waals surface area contributed by atoms with E-state index in [9.17, 15) is 4.79 Å². The van der Waals surface area contributed by atoms with Crippen molar-refractivity contribution < 1.29 is 9.53 Å². The van der Waals surface area contributed by atoms with Crippen LogP contribution in [0.3, 0.4) is 0 Å². The quantitative estimate of drug-likeness (QED) is 0.888. The molecule has 108 valence electrons. The highest BCUT2D eigenvalue weighted by atomic mass is 16.5. The molecule has 1 atom stereocenters. The summed E-state index contributed by atoms with van der Waals surface area (Å²) in [5.74, 6) is -0.0197. The monoisotopic (exact) mass is 267 g/mol. The molecule has 0 spiro atoms. The standard InChI is InChI=1S/C14H25N3O2/c1-7-19-10(2)13(18)17(6)9-11-8-12(16-15-11)14(3,4)5/h8,10H,7,9H2,1-6H3,(H,15,16). The van der Waals surface area contributed by atoms with Crippen molar-refractivity contribution in [2.45, 2.75) is 52.7 Å². The number of H-pyrrole nitrogens is 1. The number of aromatic nitrogens is 2. The highest BCUT2D eigenvalue weighted by Crippen LogP contribution is 2.20. The molecule has 1 rings (SSSR count). The van der Waals surface area contributed by atoms with Crippen LogP contribution in [0.25, 0.3) is 0 Å². The van der Waals surface area contributed by atoms with E-state index in [-0.39, 0.29) is 11.3 Å². The van der Waals surface area contributed by atoms with E-state index >= 15 is 0 Å². The summed E-state index contributed by atoms with van der Waals surface area (Å²) in [6, 6.07) is 2.01. The zero-order chi connectivity index (χ0) is 14.6. The summed E-state index contributed by atoms with van der Waals surface area (Å²) in [7, 11) is 1.77. The molecular formula is C14H25N3O2. The first-order valence-electron chi connectivity index (χ1n) is 6.67. The number of nitrogens with one attached hydrogen (secondary N) is 1. The first kappa shape index (κ1) is 15.7. The molecule has 1 N–H and O–H groups in total. The van der Waals surface area contributed by atoms with Crippen LogP contribution in [0.15, 0.2) is 6.07 Å². The van der Waals surface area contributed by atoms with Crippen LogP contribution in [0.5, 0.6) is 0 Å². The third-order valence-electron chi connectivity index (χ3n) is 2.95. The Morgan fingerprint density at radius 1 is 1.53 bits per heavy atom. The Kier molecular flexibility index (Phi) is 5.11. The SMILES string of the molecule is CCOC(C)C(=O)N(C)Cc1cc(C(C)(C)C)n[nH]1. The van der Waals surface area contributed by atoms with Crippen LogP contribution < -0.4 is 0 Å². The van der Waals surface area contributed by atoms with Gasteiger partial charge in [-0.3, -0.25) is 9.89 Å². The zero-order valence-electron chi connectivity index (χ0n) is 12.8. The number of ether oxygens (including phenoxy) is 1. The smallest absolute Gasteiger partial charge is 0.251 e. The van der Waals surface area contributed by atoms with Crippen LogP contribution >= 0.6 is 0 Å². The maximum absolute atomic E-state index is 12.0. The number of hydrogen-bond donors (Lipinski definition) is 1. The van der Waals surface area contributed by atoms with Crippen LogP contribution in [0, 0.1) is 0 Å². The Morgan fingerprint density at radius 3 is 2.63 bits per heavy atom. The lowest BCUT2D eigenvalue weighted by Crippen LogP contribution is -2.36. The van der Waals surface area contributed by atoms with Crippen LogP contribution in [-0.2, 0) is 21.5 Å². The molecule has 5 heteroatoms. The average molecular weight is 267 g/mol. The van der Waals surface area contributed by atoms with Crippen molar-refractivity contribution in [1.29, 1.82) is 0 Å². The zero-order valence-corrected chi connectivity index (χ0v) is 12.8. The number of aromatic amines is 1. The minimum atomic E-state index is -0.403. The van der Waals surface area contributed by atoms with Gasteiger partial charge in [-0.15, -0.1) is 0 Å². The molecule has 0 radical (unpaired) electrons. The second-order valence-corrected chi connectivity index (χ2v) is 5.82. The minimum Gasteiger partial charge on any atom is -0.369 e. The van der Waals surface area contributed by atoms with Gasteiger partial charge in [-0.05, 0) is 19.9 Å². The largest absolute Gasteiger partial charge is 0.369 e. The van der Waals surface area contributed by atoms with Crippen LogP contribution in [-0.4, -0.2) is 40.8 Å². The van der Waals surface area contributed by atoms with Gasteiger partial charge in [0, 0.05) is 19.1 Å². The van der Waals surface area contributed by atoms with E-state index in [0.717, 1.165) is 11.4 Å². The van der Waals surface area contributed by atoms with Gasteiger partial charge >= 0.3 is 0 Å². The van der Waals surface area contributed by atoms with E-state index in [2.05, 4.69) is 31.0 Å². The molecular weight excluding hydrogens is 242 g/mol. The molecule has 1 aromatic heterocycles. The van der Waals surface area contributed by atoms with Gasteiger partial charge in [0.2, 0.25) is 0 Å². The fourth-order valence-electron chi connectivity index (χ4n) is 1.79. The van der Waals surface area contributed by atoms with Crippen molar-refractivity contribution in [2.75, 3.05) is 13.7 Å². The van der Waals surface area contributed by atoms with Crippen molar-refractivity contribution in [3.8, 4) is 0 Å². The molecule has 0 saturated carbocycles. The lowest BCUT2D eigenvalue weighted by Gasteiger charge is -2.20. The summed E-state index contributed by atoms with van der Waals surface area (Å²) >= 11 is 0. The Labute approximate surface area is 115 Å². The van der Waals surface area contributed by atoms with Gasteiger partial charge in [-0.25, -0.2) is 0 Å². The second-order valence-electron chi connectivity index (χ2n) is 5.82. The van der Waals surface area contributed by atoms with E-state index in [1.165, 1.54) is 0 Å². The van der Waals surface area contributed by atoms with Crippen LogP contribution in [0.1, 0.15) is 46.0 Å². The predicted molar refractivity (Wildman–Crippen MR) is 74.8 cm³/mol. The first-order valence-corrected chi connectivity index (χ1v) is 6.67. The second kappa shape index (κ2) is 6.19. The minimum absolute atomic E-state index is 0.00986. The summed E-state index contributed by atoms with van der Waals surface area (Å²) in [4.78, 5) is 13.7. The van der Waals surface area contributed by atoms with Gasteiger partial charge < -0.3 is 9.64 Å². The fourth-order valence-corrected chi connectivity index (χ4v) is 1.79. The topological polar surface area (TPSA) is 58.2 Å². The molecule has 0 bridgehead atoms. The van der Waals surface area contributed by atoms with Crippen molar-refractivity contribution in [2.24, 2.45) is 0 Å². The van der Waals surface area contributed by atoms with Crippen molar-refractivity contribution >= 4 is 5.91 Å². The van der Waals surface area contributed by atoms with E-state index < -0.39 is 6.10 Å². The lowest BCUT2D eigenvalue weighted by atomic mass is 9.92. The molecule has 1 amide bonds. The molecule has 0 saturated heterocycles. The maximum Gasteiger partial charge on any atom is 0.251 e. The molecule has 1 heterocycles. The van der Waals surface area contributed by atoms with Crippen molar-refractivity contribution in [1.82, 2.24) is 15.1 Å². The van der Waals surface area contributed by atoms with Gasteiger partial charge in [0.25, 0.3) is 5.91 Å². The Bertz CT molecular complexity index is 421. The number of likely N-dealkylation sites (N-methyl/N-ethyl adjacent to an activating group) is 1. The highest BCUT2D eigenvalue weighted by molar-refractivity contribution is 5.80. The number of rotatable bonds is 5. The molecule has 1 unspecified atom stereocenters. The molecule has 0 aliphatic heterocycles. The fraction of sp³-hybridized carbons (Fsp3) is 0.714. The van der Waals surface area contributed by atoms with Gasteiger partial charge in [0.15, 0.2) is 0 Å². The number of nitrogens with zero attached hydrogens (tertiary/aromatic N) is 2. The Balaban J connectivity index is 2.64.